The van der Waals surface area contributed by atoms with E-state index < -0.39 is 0 Å². The summed E-state index contributed by atoms with van der Waals surface area (Å²) in [7, 11) is 5.10. The number of rotatable bonds is 5. The van der Waals surface area contributed by atoms with Gasteiger partial charge in [-0.05, 0) is 19.2 Å². The third-order valence-electron chi connectivity index (χ3n) is 2.51. The van der Waals surface area contributed by atoms with Gasteiger partial charge in [-0.3, -0.25) is 14.6 Å². The second kappa shape index (κ2) is 8.44. The second-order valence-electron chi connectivity index (χ2n) is 3.84. The van der Waals surface area contributed by atoms with Gasteiger partial charge in [0.15, 0.2) is 0 Å². The van der Waals surface area contributed by atoms with E-state index in [4.69, 9.17) is 0 Å². The number of likely N-dealkylation sites (N-methyl/N-ethyl adjacent to an activating group) is 2. The predicted octanol–water partition coefficient (Wildman–Crippen LogP) is 0.154. The standard InChI is InChI=1S/C12H18N4O2.ClH/c1-13-6-7-16(3)12(18)9-4-5-10(15-8-9)11(17)14-2;/h4-5,8,13H,6-7H2,1-3H3,(H,14,17);1H. The van der Waals surface area contributed by atoms with Gasteiger partial charge >= 0.3 is 0 Å². The molecular weight excluding hydrogens is 268 g/mol. The largest absolute Gasteiger partial charge is 0.354 e. The zero-order chi connectivity index (χ0) is 13.5. The van der Waals surface area contributed by atoms with Gasteiger partial charge in [0.25, 0.3) is 11.8 Å². The maximum absolute atomic E-state index is 12.0. The summed E-state index contributed by atoms with van der Waals surface area (Å²) in [5.74, 6) is -0.376. The Morgan fingerprint density at radius 1 is 1.32 bits per heavy atom. The van der Waals surface area contributed by atoms with Crippen LogP contribution in [0.5, 0.6) is 0 Å². The SMILES string of the molecule is CNCCN(C)C(=O)c1ccc(C(=O)NC)nc1.Cl. The van der Waals surface area contributed by atoms with Gasteiger partial charge in [0, 0.05) is 33.4 Å². The highest BCUT2D eigenvalue weighted by molar-refractivity contribution is 5.96. The lowest BCUT2D eigenvalue weighted by Gasteiger charge is -2.16. The zero-order valence-electron chi connectivity index (χ0n) is 11.3. The number of carbonyl (C=O) groups excluding carboxylic acids is 2. The normalized spacial score (nSPS) is 9.42. The fraction of sp³-hybridized carbons (Fsp3) is 0.417. The Morgan fingerprint density at radius 2 is 2.00 bits per heavy atom. The van der Waals surface area contributed by atoms with Crippen LogP contribution in [0.2, 0.25) is 0 Å². The molecule has 0 atom stereocenters. The molecule has 0 aromatic carbocycles. The van der Waals surface area contributed by atoms with Crippen molar-refractivity contribution in [3.05, 3.63) is 29.6 Å². The number of nitrogens with zero attached hydrogens (tertiary/aromatic N) is 2. The van der Waals surface area contributed by atoms with Gasteiger partial charge in [-0.25, -0.2) is 0 Å². The van der Waals surface area contributed by atoms with Crippen molar-refractivity contribution in [2.24, 2.45) is 0 Å². The van der Waals surface area contributed by atoms with E-state index in [0.717, 1.165) is 6.54 Å². The summed E-state index contributed by atoms with van der Waals surface area (Å²) in [5.41, 5.74) is 0.771. The molecule has 19 heavy (non-hydrogen) atoms. The van der Waals surface area contributed by atoms with Crippen LogP contribution < -0.4 is 10.6 Å². The molecular formula is C12H19ClN4O2. The van der Waals surface area contributed by atoms with E-state index in [2.05, 4.69) is 15.6 Å². The van der Waals surface area contributed by atoms with Gasteiger partial charge in [-0.1, -0.05) is 0 Å². The van der Waals surface area contributed by atoms with Crippen LogP contribution in [0.25, 0.3) is 0 Å². The average molecular weight is 287 g/mol. The van der Waals surface area contributed by atoms with Crippen molar-refractivity contribution in [1.29, 1.82) is 0 Å². The maximum Gasteiger partial charge on any atom is 0.269 e. The number of hydrogen-bond acceptors (Lipinski definition) is 4. The fourth-order valence-electron chi connectivity index (χ4n) is 1.38. The Balaban J connectivity index is 0.00000324. The molecule has 0 bridgehead atoms. The number of pyridine rings is 1. The average Bonchev–Trinajstić information content (AvgIpc) is 2.43. The molecule has 0 fully saturated rings. The minimum absolute atomic E-state index is 0. The molecule has 106 valence electrons. The predicted molar refractivity (Wildman–Crippen MR) is 75.8 cm³/mol. The highest BCUT2D eigenvalue weighted by Gasteiger charge is 2.12. The zero-order valence-corrected chi connectivity index (χ0v) is 12.1. The molecule has 0 spiro atoms. The molecule has 6 nitrogen and oxygen atoms in total. The third kappa shape index (κ3) is 4.84. The molecule has 2 amide bonds. The summed E-state index contributed by atoms with van der Waals surface area (Å²) < 4.78 is 0. The van der Waals surface area contributed by atoms with Crippen molar-refractivity contribution in [1.82, 2.24) is 20.5 Å². The monoisotopic (exact) mass is 286 g/mol. The molecule has 7 heteroatoms. The molecule has 0 saturated heterocycles. The molecule has 2 N–H and O–H groups in total. The quantitative estimate of drug-likeness (QED) is 0.808. The van der Waals surface area contributed by atoms with Crippen molar-refractivity contribution >= 4 is 24.2 Å². The number of halogens is 1. The second-order valence-corrected chi connectivity index (χ2v) is 3.84. The Hall–Kier alpha value is -1.66. The van der Waals surface area contributed by atoms with E-state index in [1.807, 2.05) is 7.05 Å². The number of hydrogen-bond donors (Lipinski definition) is 2. The van der Waals surface area contributed by atoms with E-state index in [0.29, 0.717) is 17.8 Å². The van der Waals surface area contributed by atoms with Gasteiger partial charge in [0.1, 0.15) is 5.69 Å². The lowest BCUT2D eigenvalue weighted by molar-refractivity contribution is 0.0795. The van der Waals surface area contributed by atoms with Crippen LogP contribution in [0.1, 0.15) is 20.8 Å². The molecule has 1 heterocycles. The van der Waals surface area contributed by atoms with Crippen LogP contribution in [-0.2, 0) is 0 Å². The maximum atomic E-state index is 12.0. The Morgan fingerprint density at radius 3 is 2.47 bits per heavy atom. The van der Waals surface area contributed by atoms with Gasteiger partial charge in [-0.2, -0.15) is 0 Å². The molecule has 0 aliphatic carbocycles. The number of nitrogens with one attached hydrogen (secondary N) is 2. The van der Waals surface area contributed by atoms with Crippen molar-refractivity contribution in [3.63, 3.8) is 0 Å². The van der Waals surface area contributed by atoms with Crippen molar-refractivity contribution in [2.75, 3.05) is 34.2 Å². The Labute approximate surface area is 119 Å². The van der Waals surface area contributed by atoms with E-state index in [-0.39, 0.29) is 24.2 Å². The van der Waals surface area contributed by atoms with Crippen LogP contribution >= 0.6 is 12.4 Å². The highest BCUT2D eigenvalue weighted by Crippen LogP contribution is 2.03. The first kappa shape index (κ1) is 17.3. The molecule has 1 aromatic heterocycles. The van der Waals surface area contributed by atoms with E-state index in [1.165, 1.54) is 19.3 Å². The minimum atomic E-state index is -0.266. The first-order chi connectivity index (χ1) is 8.60. The lowest BCUT2D eigenvalue weighted by Crippen LogP contribution is -2.32. The summed E-state index contributed by atoms with van der Waals surface area (Å²) in [6.07, 6.45) is 1.42. The summed E-state index contributed by atoms with van der Waals surface area (Å²) in [6.45, 7) is 1.35. The molecule has 1 rings (SSSR count). The van der Waals surface area contributed by atoms with Crippen LogP contribution in [0, 0.1) is 0 Å². The highest BCUT2D eigenvalue weighted by atomic mass is 35.5. The molecule has 1 aromatic rings. The van der Waals surface area contributed by atoms with Crippen LogP contribution in [0.3, 0.4) is 0 Å². The third-order valence-corrected chi connectivity index (χ3v) is 2.51. The molecule has 0 aliphatic rings. The summed E-state index contributed by atoms with van der Waals surface area (Å²) >= 11 is 0. The fourth-order valence-corrected chi connectivity index (χ4v) is 1.38. The minimum Gasteiger partial charge on any atom is -0.354 e. The van der Waals surface area contributed by atoms with Crippen LogP contribution in [-0.4, -0.2) is 55.9 Å². The van der Waals surface area contributed by atoms with Gasteiger partial charge < -0.3 is 15.5 Å². The lowest BCUT2D eigenvalue weighted by atomic mass is 10.2. The summed E-state index contributed by atoms with van der Waals surface area (Å²) in [5, 5.41) is 5.45. The van der Waals surface area contributed by atoms with Crippen LogP contribution in [0.4, 0.5) is 0 Å². The van der Waals surface area contributed by atoms with Crippen LogP contribution in [0.15, 0.2) is 18.3 Å². The number of carbonyl (C=O) groups is 2. The smallest absolute Gasteiger partial charge is 0.269 e. The molecule has 0 unspecified atom stereocenters. The summed E-state index contributed by atoms with van der Waals surface area (Å²) in [6, 6.07) is 3.15. The van der Waals surface area contributed by atoms with Crippen molar-refractivity contribution in [3.8, 4) is 0 Å². The molecule has 0 radical (unpaired) electrons. The van der Waals surface area contributed by atoms with Gasteiger partial charge in [0.05, 0.1) is 5.56 Å². The van der Waals surface area contributed by atoms with Gasteiger partial charge in [0.2, 0.25) is 0 Å². The van der Waals surface area contributed by atoms with Crippen molar-refractivity contribution in [2.45, 2.75) is 0 Å². The molecule has 0 saturated carbocycles. The van der Waals surface area contributed by atoms with Crippen molar-refractivity contribution < 1.29 is 9.59 Å². The first-order valence-electron chi connectivity index (χ1n) is 5.68. The Bertz CT molecular complexity index is 422. The van der Waals surface area contributed by atoms with E-state index in [9.17, 15) is 9.59 Å². The van der Waals surface area contributed by atoms with E-state index in [1.54, 1.807) is 18.0 Å². The number of aromatic nitrogens is 1. The molecule has 0 aliphatic heterocycles. The van der Waals surface area contributed by atoms with E-state index >= 15 is 0 Å². The first-order valence-corrected chi connectivity index (χ1v) is 5.68. The summed E-state index contributed by atoms with van der Waals surface area (Å²) in [4.78, 5) is 28.8. The number of amides is 2. The topological polar surface area (TPSA) is 74.3 Å². The Kier molecular flexibility index (Phi) is 7.71. The van der Waals surface area contributed by atoms with Gasteiger partial charge in [-0.15, -0.1) is 12.4 Å².